The van der Waals surface area contributed by atoms with Crippen LogP contribution in [-0.2, 0) is 4.79 Å². The van der Waals surface area contributed by atoms with E-state index in [0.717, 1.165) is 59.7 Å². The summed E-state index contributed by atoms with van der Waals surface area (Å²) in [6, 6.07) is 19.0. The van der Waals surface area contributed by atoms with E-state index < -0.39 is 0 Å². The Morgan fingerprint density at radius 3 is 2.80 bits per heavy atom. The molecule has 2 aromatic carbocycles. The molecule has 180 valence electrons. The van der Waals surface area contributed by atoms with E-state index >= 15 is 0 Å². The summed E-state index contributed by atoms with van der Waals surface area (Å²) >= 11 is 7.85. The maximum Gasteiger partial charge on any atom is 0.224 e. The summed E-state index contributed by atoms with van der Waals surface area (Å²) in [4.78, 5) is 24.4. The largest absolute Gasteiger partial charge is 0.492 e. The van der Waals surface area contributed by atoms with Gasteiger partial charge in [0.05, 0.1) is 27.5 Å². The SMILES string of the molecule is O=C(NC(c1cccc(Cl)c1)c1ccccn1)C1CCN(CCOc2ccc3ncsc3c2)CC1. The Hall–Kier alpha value is -3.00. The van der Waals surface area contributed by atoms with Crippen LogP contribution in [0.1, 0.15) is 30.1 Å². The molecule has 3 heterocycles. The van der Waals surface area contributed by atoms with Crippen molar-refractivity contribution in [2.75, 3.05) is 26.2 Å². The number of pyridine rings is 1. The second kappa shape index (κ2) is 11.2. The molecule has 8 heteroatoms. The number of likely N-dealkylation sites (tertiary alicyclic amines) is 1. The molecular weight excluding hydrogens is 480 g/mol. The summed E-state index contributed by atoms with van der Waals surface area (Å²) in [6.45, 7) is 3.22. The van der Waals surface area contributed by atoms with Crippen LogP contribution in [0.25, 0.3) is 10.2 Å². The molecule has 0 radical (unpaired) electrons. The topological polar surface area (TPSA) is 67.4 Å². The van der Waals surface area contributed by atoms with Crippen molar-refractivity contribution in [1.82, 2.24) is 20.2 Å². The summed E-state index contributed by atoms with van der Waals surface area (Å²) in [5.41, 5.74) is 4.58. The predicted octanol–water partition coefficient (Wildman–Crippen LogP) is 5.34. The van der Waals surface area contributed by atoms with Crippen molar-refractivity contribution < 1.29 is 9.53 Å². The number of hydrogen-bond acceptors (Lipinski definition) is 6. The smallest absolute Gasteiger partial charge is 0.224 e. The minimum Gasteiger partial charge on any atom is -0.492 e. The maximum atomic E-state index is 13.2. The number of aromatic nitrogens is 2. The van der Waals surface area contributed by atoms with Crippen molar-refractivity contribution in [3.05, 3.63) is 88.7 Å². The first-order valence-corrected chi connectivity index (χ1v) is 13.1. The second-order valence-corrected chi connectivity index (χ2v) is 10.0. The van der Waals surface area contributed by atoms with Crippen LogP contribution in [-0.4, -0.2) is 47.0 Å². The van der Waals surface area contributed by atoms with Crippen LogP contribution in [0, 0.1) is 5.92 Å². The van der Waals surface area contributed by atoms with Crippen molar-refractivity contribution in [2.45, 2.75) is 18.9 Å². The van der Waals surface area contributed by atoms with Gasteiger partial charge in [0.2, 0.25) is 5.91 Å². The summed E-state index contributed by atoms with van der Waals surface area (Å²) in [5.74, 6) is 0.915. The quantitative estimate of drug-likeness (QED) is 0.349. The third-order valence-electron chi connectivity index (χ3n) is 6.39. The number of halogens is 1. The number of nitrogens with one attached hydrogen (secondary N) is 1. The molecule has 1 N–H and O–H groups in total. The van der Waals surface area contributed by atoms with Gasteiger partial charge in [-0.1, -0.05) is 29.8 Å². The van der Waals surface area contributed by atoms with Crippen LogP contribution >= 0.6 is 22.9 Å². The molecule has 2 aromatic heterocycles. The average Bonchev–Trinajstić information content (AvgIpc) is 3.36. The molecule has 0 bridgehead atoms. The maximum absolute atomic E-state index is 13.2. The van der Waals surface area contributed by atoms with Crippen molar-refractivity contribution in [2.24, 2.45) is 5.92 Å². The highest BCUT2D eigenvalue weighted by molar-refractivity contribution is 7.16. The van der Waals surface area contributed by atoms with Gasteiger partial charge in [-0.15, -0.1) is 11.3 Å². The van der Waals surface area contributed by atoms with Gasteiger partial charge in [-0.2, -0.15) is 0 Å². The van der Waals surface area contributed by atoms with E-state index in [1.165, 1.54) is 0 Å². The zero-order chi connectivity index (χ0) is 24.0. The standard InChI is InChI=1S/C27H27ClN4O2S/c28-21-5-3-4-20(16-21)26(24-6-1-2-11-29-24)31-27(33)19-9-12-32(13-10-19)14-15-34-22-7-8-23-25(17-22)35-18-30-23/h1-8,11,16-19,26H,9-10,12-15H2,(H,31,33). The monoisotopic (exact) mass is 506 g/mol. The third kappa shape index (κ3) is 5.99. The molecule has 1 amide bonds. The van der Waals surface area contributed by atoms with Gasteiger partial charge < -0.3 is 10.1 Å². The Kier molecular flexibility index (Phi) is 7.57. The molecule has 6 nitrogen and oxygen atoms in total. The number of thiazole rings is 1. The molecule has 0 aliphatic carbocycles. The molecule has 1 atom stereocenters. The summed E-state index contributed by atoms with van der Waals surface area (Å²) in [6.07, 6.45) is 3.39. The van der Waals surface area contributed by atoms with Crippen LogP contribution < -0.4 is 10.1 Å². The Labute approximate surface area is 213 Å². The molecule has 0 spiro atoms. The Morgan fingerprint density at radius 1 is 1.11 bits per heavy atom. The summed E-state index contributed by atoms with van der Waals surface area (Å²) in [7, 11) is 0. The number of nitrogens with zero attached hydrogens (tertiary/aromatic N) is 3. The van der Waals surface area contributed by atoms with Crippen molar-refractivity contribution in [3.63, 3.8) is 0 Å². The van der Waals surface area contributed by atoms with E-state index in [-0.39, 0.29) is 17.9 Å². The number of carbonyl (C=O) groups is 1. The number of amides is 1. The van der Waals surface area contributed by atoms with Crippen molar-refractivity contribution in [1.29, 1.82) is 0 Å². The van der Waals surface area contributed by atoms with Crippen LogP contribution in [0.3, 0.4) is 0 Å². The van der Waals surface area contributed by atoms with Gasteiger partial charge in [0.15, 0.2) is 0 Å². The molecule has 1 fully saturated rings. The van der Waals surface area contributed by atoms with Gasteiger partial charge in [-0.3, -0.25) is 14.7 Å². The summed E-state index contributed by atoms with van der Waals surface area (Å²) < 4.78 is 7.10. The molecule has 1 unspecified atom stereocenters. The number of piperidine rings is 1. The summed E-state index contributed by atoms with van der Waals surface area (Å²) in [5, 5.41) is 3.87. The van der Waals surface area contributed by atoms with E-state index in [9.17, 15) is 4.79 Å². The average molecular weight is 507 g/mol. The van der Waals surface area contributed by atoms with Crippen molar-refractivity contribution >= 4 is 39.1 Å². The number of carbonyl (C=O) groups excluding carboxylic acids is 1. The van der Waals surface area contributed by atoms with E-state index in [1.807, 2.05) is 66.2 Å². The fraction of sp³-hybridized carbons (Fsp3) is 0.296. The lowest BCUT2D eigenvalue weighted by atomic mass is 9.94. The van der Waals surface area contributed by atoms with Gasteiger partial charge in [-0.25, -0.2) is 4.98 Å². The van der Waals surface area contributed by atoms with Gasteiger partial charge in [0.25, 0.3) is 0 Å². The second-order valence-electron chi connectivity index (χ2n) is 8.70. The molecule has 1 saturated heterocycles. The van der Waals surface area contributed by atoms with Gasteiger partial charge in [0.1, 0.15) is 12.4 Å². The zero-order valence-corrected chi connectivity index (χ0v) is 20.8. The zero-order valence-electron chi connectivity index (χ0n) is 19.3. The molecular formula is C27H27ClN4O2S. The molecule has 4 aromatic rings. The van der Waals surface area contributed by atoms with E-state index in [4.69, 9.17) is 16.3 Å². The molecule has 0 saturated carbocycles. The fourth-order valence-electron chi connectivity index (χ4n) is 4.46. The highest BCUT2D eigenvalue weighted by atomic mass is 35.5. The molecule has 1 aliphatic rings. The first-order valence-electron chi connectivity index (χ1n) is 11.8. The minimum absolute atomic E-state index is 0.0219. The van der Waals surface area contributed by atoms with Crippen LogP contribution in [0.15, 0.2) is 72.4 Å². The van der Waals surface area contributed by atoms with Gasteiger partial charge in [-0.05, 0) is 74.0 Å². The van der Waals surface area contributed by atoms with E-state index in [1.54, 1.807) is 17.5 Å². The number of benzene rings is 2. The van der Waals surface area contributed by atoms with Crippen LogP contribution in [0.2, 0.25) is 5.02 Å². The lowest BCUT2D eigenvalue weighted by Crippen LogP contribution is -2.42. The normalized spacial score (nSPS) is 15.7. The fourth-order valence-corrected chi connectivity index (χ4v) is 5.36. The highest BCUT2D eigenvalue weighted by Crippen LogP contribution is 2.26. The highest BCUT2D eigenvalue weighted by Gasteiger charge is 2.28. The molecule has 5 rings (SSSR count). The Bertz CT molecular complexity index is 1270. The van der Waals surface area contributed by atoms with E-state index in [0.29, 0.717) is 11.6 Å². The van der Waals surface area contributed by atoms with Crippen LogP contribution in [0.5, 0.6) is 5.75 Å². The minimum atomic E-state index is -0.329. The van der Waals surface area contributed by atoms with Crippen LogP contribution in [0.4, 0.5) is 0 Å². The number of rotatable bonds is 8. The predicted molar refractivity (Wildman–Crippen MR) is 140 cm³/mol. The number of fused-ring (bicyclic) bond motifs is 1. The lowest BCUT2D eigenvalue weighted by molar-refractivity contribution is -0.127. The van der Waals surface area contributed by atoms with Crippen molar-refractivity contribution in [3.8, 4) is 5.75 Å². The first-order chi connectivity index (χ1) is 17.2. The first kappa shape index (κ1) is 23.7. The number of ether oxygens (including phenoxy) is 1. The Balaban J connectivity index is 1.13. The molecule has 35 heavy (non-hydrogen) atoms. The Morgan fingerprint density at radius 2 is 2.00 bits per heavy atom. The van der Waals surface area contributed by atoms with Gasteiger partial charge in [0, 0.05) is 23.7 Å². The van der Waals surface area contributed by atoms with Gasteiger partial charge >= 0.3 is 0 Å². The number of hydrogen-bond donors (Lipinski definition) is 1. The lowest BCUT2D eigenvalue weighted by Gasteiger charge is -2.32. The van der Waals surface area contributed by atoms with E-state index in [2.05, 4.69) is 20.2 Å². The molecule has 1 aliphatic heterocycles. The third-order valence-corrected chi connectivity index (χ3v) is 7.42.